The van der Waals surface area contributed by atoms with Gasteiger partial charge in [-0.1, -0.05) is 128 Å². The average Bonchev–Trinajstić information content (AvgIpc) is 3.76. The van der Waals surface area contributed by atoms with E-state index in [1.807, 2.05) is 61.6 Å². The lowest BCUT2D eigenvalue weighted by atomic mass is 9.94. The van der Waals surface area contributed by atoms with Crippen LogP contribution in [0.25, 0.3) is 49.6 Å². The van der Waals surface area contributed by atoms with Crippen molar-refractivity contribution in [3.05, 3.63) is 107 Å². The largest absolute Gasteiger partial charge is 0.299 e. The van der Waals surface area contributed by atoms with Crippen LogP contribution in [0.15, 0.2) is 85.2 Å². The van der Waals surface area contributed by atoms with Crippen molar-refractivity contribution >= 4 is 27.3 Å². The van der Waals surface area contributed by atoms with Gasteiger partial charge in [-0.05, 0) is 57.2 Å². The molecule has 0 aliphatic heterocycles. The third-order valence-electron chi connectivity index (χ3n) is 7.31. The van der Waals surface area contributed by atoms with Crippen molar-refractivity contribution in [2.24, 2.45) is 0 Å². The van der Waals surface area contributed by atoms with Gasteiger partial charge in [0.25, 0.3) is 0 Å². The molecule has 2 nitrogen and oxygen atoms in total. The van der Waals surface area contributed by atoms with Gasteiger partial charge in [0, 0.05) is 28.7 Å². The van der Waals surface area contributed by atoms with Crippen LogP contribution in [-0.4, -0.2) is 9.38 Å². The number of nitrogens with zero attached hydrogens (tertiary/aromatic N) is 2. The molecule has 8 rings (SSSR count). The van der Waals surface area contributed by atoms with E-state index in [4.69, 9.17) is 4.98 Å². The lowest BCUT2D eigenvalue weighted by Crippen LogP contribution is -1.96. The van der Waals surface area contributed by atoms with Crippen LogP contribution in [0.1, 0.15) is 77.6 Å². The summed E-state index contributed by atoms with van der Waals surface area (Å²) in [7, 11) is 0. The molecule has 2 aliphatic carbocycles. The van der Waals surface area contributed by atoms with E-state index in [-0.39, 0.29) is 0 Å². The minimum atomic E-state index is 0.977. The van der Waals surface area contributed by atoms with Gasteiger partial charge in [-0.15, -0.1) is 0 Å². The van der Waals surface area contributed by atoms with E-state index >= 15 is 0 Å². The van der Waals surface area contributed by atoms with Gasteiger partial charge in [0.2, 0.25) is 0 Å². The molecule has 0 saturated carbocycles. The SMILES string of the molecule is CC.CC.CC.CC.c1ccc2c(c1)Cc1c-2ccc2c3ccc4c(c3n3ccnc3c12)-c1ccccc1C4. The van der Waals surface area contributed by atoms with Crippen molar-refractivity contribution in [2.75, 3.05) is 0 Å². The fourth-order valence-corrected chi connectivity index (χ4v) is 6.03. The molecule has 200 valence electrons. The first-order valence-corrected chi connectivity index (χ1v) is 14.9. The van der Waals surface area contributed by atoms with E-state index in [0.29, 0.717) is 0 Å². The summed E-state index contributed by atoms with van der Waals surface area (Å²) in [6, 6.07) is 26.9. The molecule has 4 aromatic carbocycles. The molecule has 0 fully saturated rings. The third kappa shape index (κ3) is 4.33. The summed E-state index contributed by atoms with van der Waals surface area (Å²) in [6.45, 7) is 16.0. The van der Waals surface area contributed by atoms with Gasteiger partial charge in [-0.25, -0.2) is 4.98 Å². The summed E-state index contributed by atoms with van der Waals surface area (Å²) in [5, 5.41) is 3.93. The van der Waals surface area contributed by atoms with Gasteiger partial charge >= 0.3 is 0 Å². The van der Waals surface area contributed by atoms with Crippen molar-refractivity contribution in [3.63, 3.8) is 0 Å². The molecule has 2 aromatic heterocycles. The smallest absolute Gasteiger partial charge is 0.145 e. The van der Waals surface area contributed by atoms with Gasteiger partial charge in [-0.2, -0.15) is 0 Å². The number of hydrogen-bond acceptors (Lipinski definition) is 1. The Bertz CT molecular complexity index is 1740. The number of pyridine rings is 1. The Balaban J connectivity index is 0.000000408. The van der Waals surface area contributed by atoms with Crippen LogP contribution in [0.2, 0.25) is 0 Å². The Morgan fingerprint density at radius 2 is 1.18 bits per heavy atom. The highest BCUT2D eigenvalue weighted by molar-refractivity contribution is 6.18. The van der Waals surface area contributed by atoms with Gasteiger partial charge in [0.05, 0.1) is 5.52 Å². The zero-order valence-electron chi connectivity index (χ0n) is 24.9. The molecular weight excluding hydrogens is 472 g/mol. The number of aromatic nitrogens is 2. The second-order valence-corrected chi connectivity index (χ2v) is 8.80. The maximum Gasteiger partial charge on any atom is 0.145 e. The van der Waals surface area contributed by atoms with Crippen LogP contribution in [0.4, 0.5) is 0 Å². The number of hydrogen-bond donors (Lipinski definition) is 0. The highest BCUT2D eigenvalue weighted by Gasteiger charge is 2.26. The lowest BCUT2D eigenvalue weighted by Gasteiger charge is -2.15. The van der Waals surface area contributed by atoms with Gasteiger partial charge in [-0.3, -0.25) is 4.40 Å². The summed E-state index contributed by atoms with van der Waals surface area (Å²) in [5.41, 5.74) is 13.5. The lowest BCUT2D eigenvalue weighted by molar-refractivity contribution is 1.24. The average molecular weight is 515 g/mol. The normalized spacial score (nSPS) is 11.4. The summed E-state index contributed by atoms with van der Waals surface area (Å²) in [6.07, 6.45) is 6.08. The van der Waals surface area contributed by atoms with Crippen LogP contribution in [0.3, 0.4) is 0 Å². The summed E-state index contributed by atoms with van der Waals surface area (Å²) >= 11 is 0. The second kappa shape index (κ2) is 12.3. The summed E-state index contributed by atoms with van der Waals surface area (Å²) in [5.74, 6) is 0. The molecule has 0 unspecified atom stereocenters. The minimum Gasteiger partial charge on any atom is -0.299 e. The Morgan fingerprint density at radius 1 is 0.564 bits per heavy atom. The van der Waals surface area contributed by atoms with Crippen LogP contribution >= 0.6 is 0 Å². The van der Waals surface area contributed by atoms with E-state index in [1.54, 1.807) is 0 Å². The van der Waals surface area contributed by atoms with Crippen molar-refractivity contribution in [3.8, 4) is 22.3 Å². The van der Waals surface area contributed by atoms with Gasteiger partial charge in [0.15, 0.2) is 0 Å². The van der Waals surface area contributed by atoms with Gasteiger partial charge in [0.1, 0.15) is 5.65 Å². The van der Waals surface area contributed by atoms with Crippen LogP contribution in [-0.2, 0) is 12.8 Å². The van der Waals surface area contributed by atoms with E-state index in [0.717, 1.165) is 18.5 Å². The van der Waals surface area contributed by atoms with Crippen LogP contribution in [0, 0.1) is 0 Å². The third-order valence-corrected chi connectivity index (χ3v) is 7.31. The first-order valence-electron chi connectivity index (χ1n) is 14.9. The molecule has 0 radical (unpaired) electrons. The second-order valence-electron chi connectivity index (χ2n) is 8.80. The van der Waals surface area contributed by atoms with E-state index < -0.39 is 0 Å². The maximum absolute atomic E-state index is 4.88. The monoisotopic (exact) mass is 514 g/mol. The molecule has 6 aromatic rings. The number of imidazole rings is 1. The highest BCUT2D eigenvalue weighted by Crippen LogP contribution is 2.47. The molecule has 2 aliphatic rings. The molecule has 0 saturated heterocycles. The van der Waals surface area contributed by atoms with Crippen molar-refractivity contribution in [2.45, 2.75) is 68.2 Å². The molecule has 0 spiro atoms. The Labute approximate surface area is 234 Å². The van der Waals surface area contributed by atoms with E-state index in [2.05, 4.69) is 83.4 Å². The molecule has 0 atom stereocenters. The topological polar surface area (TPSA) is 17.3 Å². The Kier molecular flexibility index (Phi) is 8.86. The summed E-state index contributed by atoms with van der Waals surface area (Å²) < 4.78 is 2.34. The predicted molar refractivity (Wildman–Crippen MR) is 172 cm³/mol. The molecule has 0 N–H and O–H groups in total. The molecule has 0 amide bonds. The van der Waals surface area contributed by atoms with E-state index in [1.165, 1.54) is 66.2 Å². The van der Waals surface area contributed by atoms with E-state index in [9.17, 15) is 0 Å². The first-order chi connectivity index (χ1) is 19.4. The number of fused-ring (bicyclic) bond motifs is 14. The van der Waals surface area contributed by atoms with Crippen LogP contribution in [0.5, 0.6) is 0 Å². The zero-order valence-corrected chi connectivity index (χ0v) is 24.9. The Morgan fingerprint density at radius 3 is 1.90 bits per heavy atom. The Hall–Kier alpha value is -3.91. The first kappa shape index (κ1) is 28.1. The summed E-state index contributed by atoms with van der Waals surface area (Å²) in [4.78, 5) is 4.88. The zero-order chi connectivity index (χ0) is 28.1. The number of benzene rings is 4. The van der Waals surface area contributed by atoms with Crippen molar-refractivity contribution < 1.29 is 0 Å². The molecule has 39 heavy (non-hydrogen) atoms. The van der Waals surface area contributed by atoms with Crippen LogP contribution < -0.4 is 0 Å². The molecular formula is C37H42N2. The quantitative estimate of drug-likeness (QED) is 0.184. The fraction of sp³-hybridized carbons (Fsp3) is 0.270. The molecule has 2 heterocycles. The highest BCUT2D eigenvalue weighted by atomic mass is 15.0. The maximum atomic E-state index is 4.88. The predicted octanol–water partition coefficient (Wildman–Crippen LogP) is 10.9. The van der Waals surface area contributed by atoms with Crippen molar-refractivity contribution in [1.29, 1.82) is 0 Å². The minimum absolute atomic E-state index is 0.977. The fourth-order valence-electron chi connectivity index (χ4n) is 6.03. The molecule has 2 heteroatoms. The molecule has 0 bridgehead atoms. The standard InChI is InChI=1S/C29H18N2.4C2H6/c1-3-7-20-18(6-1)16-25-22(20)11-12-23-24-10-9-19-15-17-5-2-4-8-21(17)26(19)28(24)31-14-13-30-29(31)27(23)25;4*1-2/h1-14H,15-16H2;4*1-2H3. The number of rotatable bonds is 0. The van der Waals surface area contributed by atoms with Crippen molar-refractivity contribution in [1.82, 2.24) is 9.38 Å². The van der Waals surface area contributed by atoms with Gasteiger partial charge < -0.3 is 0 Å².